The van der Waals surface area contributed by atoms with E-state index >= 15 is 0 Å². The second kappa shape index (κ2) is 6.04. The zero-order chi connectivity index (χ0) is 16.4. The Kier molecular flexibility index (Phi) is 3.92. The summed E-state index contributed by atoms with van der Waals surface area (Å²) in [5, 5.41) is 2.74. The highest BCUT2D eigenvalue weighted by Gasteiger charge is 2.27. The number of anilines is 1. The minimum atomic E-state index is -0.129. The van der Waals surface area contributed by atoms with Crippen molar-refractivity contribution in [3.8, 4) is 5.75 Å². The van der Waals surface area contributed by atoms with E-state index in [-0.39, 0.29) is 12.5 Å². The van der Waals surface area contributed by atoms with Crippen molar-refractivity contribution in [2.45, 2.75) is 13.8 Å². The molecule has 0 bridgehead atoms. The van der Waals surface area contributed by atoms with Crippen molar-refractivity contribution in [3.05, 3.63) is 41.7 Å². The third-order valence-corrected chi connectivity index (χ3v) is 3.35. The smallest absolute Gasteiger partial charge is 0.253 e. The highest BCUT2D eigenvalue weighted by atomic mass is 16.5. The quantitative estimate of drug-likeness (QED) is 0.933. The summed E-state index contributed by atoms with van der Waals surface area (Å²) < 4.78 is 5.23. The Morgan fingerprint density at radius 3 is 2.65 bits per heavy atom. The van der Waals surface area contributed by atoms with Crippen LogP contribution in [-0.2, 0) is 4.79 Å². The zero-order valence-electron chi connectivity index (χ0n) is 13.2. The van der Waals surface area contributed by atoms with Crippen LogP contribution in [0.3, 0.4) is 0 Å². The Hall–Kier alpha value is -2.96. The molecule has 0 spiro atoms. The molecule has 2 aromatic rings. The molecular weight excluding hydrogens is 294 g/mol. The number of carbonyl (C=O) groups excluding carboxylic acids is 1. The normalized spacial score (nSPS) is 15.9. The van der Waals surface area contributed by atoms with Gasteiger partial charge in [0.15, 0.2) is 0 Å². The van der Waals surface area contributed by atoms with E-state index in [0.717, 1.165) is 17.1 Å². The summed E-state index contributed by atoms with van der Waals surface area (Å²) in [7, 11) is 1.60. The molecule has 1 aromatic carbocycles. The fourth-order valence-electron chi connectivity index (χ4n) is 2.38. The molecule has 1 aliphatic rings. The molecule has 1 aliphatic heterocycles. The van der Waals surface area contributed by atoms with Crippen LogP contribution in [0.4, 0.5) is 11.6 Å². The van der Waals surface area contributed by atoms with Gasteiger partial charge < -0.3 is 9.64 Å². The predicted molar refractivity (Wildman–Crippen MR) is 87.1 cm³/mol. The lowest BCUT2D eigenvalue weighted by atomic mass is 10.3. The Morgan fingerprint density at radius 1 is 1.22 bits per heavy atom. The molecule has 7 heteroatoms. The maximum absolute atomic E-state index is 11.8. The number of aryl methyl sites for hydroxylation is 2. The lowest BCUT2D eigenvalue weighted by Gasteiger charge is -2.17. The van der Waals surface area contributed by atoms with Crippen LogP contribution in [0.2, 0.25) is 0 Å². The standard InChI is InChI=1S/C16H17N5O2/c1-10-7-11(2)18-15(17-10)20-16-19-14(22)9-21(16)12-5-4-6-13(8-12)23-3/h4-8H,9H2,1-3H3,(H,17,18,19,20,22). The first-order valence-corrected chi connectivity index (χ1v) is 7.17. The van der Waals surface area contributed by atoms with Gasteiger partial charge in [-0.3, -0.25) is 10.1 Å². The molecule has 2 heterocycles. The second-order valence-electron chi connectivity index (χ2n) is 5.22. The molecule has 7 nitrogen and oxygen atoms in total. The molecule has 0 unspecified atom stereocenters. The van der Waals surface area contributed by atoms with Crippen LogP contribution in [-0.4, -0.2) is 35.5 Å². The Morgan fingerprint density at radius 2 is 1.96 bits per heavy atom. The van der Waals surface area contributed by atoms with Crippen LogP contribution in [0.5, 0.6) is 5.75 Å². The van der Waals surface area contributed by atoms with Gasteiger partial charge in [-0.1, -0.05) is 6.07 Å². The summed E-state index contributed by atoms with van der Waals surface area (Å²) in [5.41, 5.74) is 2.47. The Labute approximate surface area is 134 Å². The van der Waals surface area contributed by atoms with Crippen molar-refractivity contribution in [2.24, 2.45) is 4.99 Å². The van der Waals surface area contributed by atoms with Crippen molar-refractivity contribution in [1.82, 2.24) is 15.3 Å². The van der Waals surface area contributed by atoms with Crippen LogP contribution in [0.25, 0.3) is 0 Å². The van der Waals surface area contributed by atoms with Crippen LogP contribution < -0.4 is 15.0 Å². The number of nitrogens with zero attached hydrogens (tertiary/aromatic N) is 4. The molecule has 0 radical (unpaired) electrons. The monoisotopic (exact) mass is 311 g/mol. The lowest BCUT2D eigenvalue weighted by Crippen LogP contribution is -2.30. The van der Waals surface area contributed by atoms with Crippen LogP contribution >= 0.6 is 0 Å². The number of hydrogen-bond acceptors (Lipinski definition) is 5. The minimum Gasteiger partial charge on any atom is -0.497 e. The minimum absolute atomic E-state index is 0.129. The third-order valence-electron chi connectivity index (χ3n) is 3.35. The molecule has 0 saturated carbocycles. The van der Waals surface area contributed by atoms with E-state index in [1.165, 1.54) is 0 Å². The van der Waals surface area contributed by atoms with E-state index < -0.39 is 0 Å². The highest BCUT2D eigenvalue weighted by Crippen LogP contribution is 2.23. The summed E-state index contributed by atoms with van der Waals surface area (Å²) in [6, 6.07) is 9.32. The van der Waals surface area contributed by atoms with Gasteiger partial charge in [0.05, 0.1) is 7.11 Å². The number of aromatic nitrogens is 2. The van der Waals surface area contributed by atoms with Crippen LogP contribution in [0.15, 0.2) is 35.3 Å². The summed E-state index contributed by atoms with van der Waals surface area (Å²) in [5.74, 6) is 1.32. The number of ether oxygens (including phenoxy) is 1. The van der Waals surface area contributed by atoms with Gasteiger partial charge in [0.1, 0.15) is 12.3 Å². The molecule has 1 saturated heterocycles. The van der Waals surface area contributed by atoms with Gasteiger partial charge in [-0.15, -0.1) is 0 Å². The number of nitrogens with one attached hydrogen (secondary N) is 1. The van der Waals surface area contributed by atoms with Crippen LogP contribution in [0, 0.1) is 13.8 Å². The Bertz CT molecular complexity index is 768. The summed E-state index contributed by atoms with van der Waals surface area (Å²) in [6.45, 7) is 3.95. The number of benzene rings is 1. The number of rotatable bonds is 3. The first-order valence-electron chi connectivity index (χ1n) is 7.17. The topological polar surface area (TPSA) is 79.7 Å². The largest absolute Gasteiger partial charge is 0.497 e. The van der Waals surface area contributed by atoms with Gasteiger partial charge in [-0.2, -0.15) is 4.99 Å². The van der Waals surface area contributed by atoms with Gasteiger partial charge in [-0.05, 0) is 32.0 Å². The van der Waals surface area contributed by atoms with Gasteiger partial charge in [0.25, 0.3) is 5.95 Å². The molecule has 1 fully saturated rings. The third kappa shape index (κ3) is 3.28. The first kappa shape index (κ1) is 15.0. The fourth-order valence-corrected chi connectivity index (χ4v) is 2.38. The van der Waals surface area contributed by atoms with Crippen molar-refractivity contribution in [2.75, 3.05) is 18.6 Å². The predicted octanol–water partition coefficient (Wildman–Crippen LogP) is 1.73. The van der Waals surface area contributed by atoms with E-state index in [1.807, 2.05) is 44.2 Å². The van der Waals surface area contributed by atoms with Crippen LogP contribution in [0.1, 0.15) is 11.4 Å². The maximum Gasteiger partial charge on any atom is 0.253 e. The van der Waals surface area contributed by atoms with E-state index in [9.17, 15) is 4.79 Å². The van der Waals surface area contributed by atoms with E-state index in [0.29, 0.717) is 17.7 Å². The molecule has 23 heavy (non-hydrogen) atoms. The van der Waals surface area contributed by atoms with Gasteiger partial charge in [-0.25, -0.2) is 9.97 Å². The molecule has 0 atom stereocenters. The Balaban J connectivity index is 1.98. The number of guanidine groups is 1. The summed E-state index contributed by atoms with van der Waals surface area (Å²) in [4.78, 5) is 26.5. The average Bonchev–Trinajstić information content (AvgIpc) is 2.87. The SMILES string of the molecule is COc1cccc(N2CC(=O)N/C2=N\c2nc(C)cc(C)n2)c1. The average molecular weight is 311 g/mol. The lowest BCUT2D eigenvalue weighted by molar-refractivity contribution is -0.117. The molecular formula is C16H17N5O2. The van der Waals surface area contributed by atoms with Crippen molar-refractivity contribution in [1.29, 1.82) is 0 Å². The van der Waals surface area contributed by atoms with E-state index in [4.69, 9.17) is 4.74 Å². The maximum atomic E-state index is 11.8. The highest BCUT2D eigenvalue weighted by molar-refractivity contribution is 6.15. The number of carbonyl (C=O) groups is 1. The van der Waals surface area contributed by atoms with Crippen molar-refractivity contribution in [3.63, 3.8) is 0 Å². The number of hydrogen-bond donors (Lipinski definition) is 1. The molecule has 1 amide bonds. The molecule has 1 aromatic heterocycles. The molecule has 1 N–H and O–H groups in total. The van der Waals surface area contributed by atoms with Gasteiger partial charge in [0, 0.05) is 23.1 Å². The van der Waals surface area contributed by atoms with Crippen molar-refractivity contribution < 1.29 is 9.53 Å². The first-order chi connectivity index (χ1) is 11.0. The molecule has 0 aliphatic carbocycles. The fraction of sp³-hybridized carbons (Fsp3) is 0.250. The number of aliphatic imine (C=N–C) groups is 1. The summed E-state index contributed by atoms with van der Waals surface area (Å²) >= 11 is 0. The van der Waals surface area contributed by atoms with Gasteiger partial charge >= 0.3 is 0 Å². The molecule has 3 rings (SSSR count). The number of methoxy groups -OCH3 is 1. The number of amides is 1. The van der Waals surface area contributed by atoms with Gasteiger partial charge in [0.2, 0.25) is 11.9 Å². The summed E-state index contributed by atoms with van der Waals surface area (Å²) in [6.07, 6.45) is 0. The second-order valence-corrected chi connectivity index (χ2v) is 5.22. The van der Waals surface area contributed by atoms with E-state index in [1.54, 1.807) is 12.0 Å². The molecule has 118 valence electrons. The van der Waals surface area contributed by atoms with Crippen molar-refractivity contribution >= 4 is 23.5 Å². The zero-order valence-corrected chi connectivity index (χ0v) is 13.2. The van der Waals surface area contributed by atoms with E-state index in [2.05, 4.69) is 20.3 Å².